The average Bonchev–Trinajstić information content (AvgIpc) is 2.34. The van der Waals surface area contributed by atoms with E-state index in [9.17, 15) is 9.59 Å². The molecule has 0 fully saturated rings. The minimum Gasteiger partial charge on any atom is -0.480 e. The van der Waals surface area contributed by atoms with Crippen molar-refractivity contribution in [2.75, 3.05) is 6.54 Å². The number of hydrogen-bond acceptors (Lipinski definition) is 4. The molecule has 1 aliphatic rings. The van der Waals surface area contributed by atoms with Crippen LogP contribution < -0.4 is 5.32 Å². The summed E-state index contributed by atoms with van der Waals surface area (Å²) in [5.41, 5.74) is 0.956. The van der Waals surface area contributed by atoms with Crippen molar-refractivity contribution < 1.29 is 19.8 Å². The average molecular weight is 266 g/mol. The van der Waals surface area contributed by atoms with Crippen LogP contribution >= 0.6 is 0 Å². The summed E-state index contributed by atoms with van der Waals surface area (Å²) in [6.45, 7) is 4.12. The van der Waals surface area contributed by atoms with E-state index >= 15 is 0 Å². The first-order valence-corrected chi connectivity index (χ1v) is 6.06. The number of carboxylic acids is 2. The van der Waals surface area contributed by atoms with Crippen molar-refractivity contribution in [3.05, 3.63) is 23.4 Å². The normalized spacial score (nSPS) is 19.3. The van der Waals surface area contributed by atoms with Crippen LogP contribution in [-0.4, -0.2) is 41.0 Å². The molecule has 0 saturated heterocycles. The molecule has 0 bridgehead atoms. The van der Waals surface area contributed by atoms with Gasteiger partial charge in [-0.15, -0.1) is 0 Å². The molecule has 104 valence electrons. The highest BCUT2D eigenvalue weighted by molar-refractivity contribution is 5.87. The quantitative estimate of drug-likeness (QED) is 0.646. The standard InChI is InChI=1S/C13H18N2O4/c1-8(2)11(13(18)19)15-6-4-9-3-5-14-10(7-9)12(16)17/h4,6-8,11,14H,3,5H2,1-2H3,(H,16,17)(H,18,19). The minimum atomic E-state index is -1.01. The number of carboxylic acid groups (broad SMARTS) is 2. The number of nitrogens with one attached hydrogen (secondary N) is 1. The van der Waals surface area contributed by atoms with Gasteiger partial charge in [0.25, 0.3) is 0 Å². The molecule has 1 rings (SSSR count). The Bertz CT molecular complexity index is 450. The third-order valence-corrected chi connectivity index (χ3v) is 2.71. The Morgan fingerprint density at radius 3 is 2.63 bits per heavy atom. The van der Waals surface area contributed by atoms with E-state index in [1.807, 2.05) is 0 Å². The largest absolute Gasteiger partial charge is 0.480 e. The fourth-order valence-corrected chi connectivity index (χ4v) is 1.67. The molecule has 6 heteroatoms. The van der Waals surface area contributed by atoms with Crippen LogP contribution in [0.15, 0.2) is 28.4 Å². The van der Waals surface area contributed by atoms with E-state index in [0.29, 0.717) is 13.0 Å². The topological polar surface area (TPSA) is 99.0 Å². The fourth-order valence-electron chi connectivity index (χ4n) is 1.67. The molecule has 0 aromatic carbocycles. The molecule has 0 aromatic heterocycles. The van der Waals surface area contributed by atoms with Crippen molar-refractivity contribution in [3.63, 3.8) is 0 Å². The molecule has 1 heterocycles. The number of aliphatic carboxylic acids is 2. The second-order valence-electron chi connectivity index (χ2n) is 4.61. The van der Waals surface area contributed by atoms with Gasteiger partial charge in [-0.2, -0.15) is 0 Å². The second kappa shape index (κ2) is 6.72. The van der Waals surface area contributed by atoms with Gasteiger partial charge >= 0.3 is 11.9 Å². The molecule has 0 amide bonds. The lowest BCUT2D eigenvalue weighted by atomic mass is 10.1. The Hall–Kier alpha value is -2.11. The van der Waals surface area contributed by atoms with E-state index in [2.05, 4.69) is 10.3 Å². The van der Waals surface area contributed by atoms with Gasteiger partial charge in [-0.3, -0.25) is 4.99 Å². The van der Waals surface area contributed by atoms with Crippen LogP contribution in [0.2, 0.25) is 0 Å². The maximum absolute atomic E-state index is 10.9. The Morgan fingerprint density at radius 1 is 1.42 bits per heavy atom. The smallest absolute Gasteiger partial charge is 0.351 e. The van der Waals surface area contributed by atoms with Gasteiger partial charge in [0.05, 0.1) is 0 Å². The summed E-state index contributed by atoms with van der Waals surface area (Å²) in [5.74, 6) is -2.06. The monoisotopic (exact) mass is 266 g/mol. The Kier molecular flexibility index (Phi) is 5.29. The second-order valence-corrected chi connectivity index (χ2v) is 4.61. The fraction of sp³-hybridized carbons (Fsp3) is 0.462. The van der Waals surface area contributed by atoms with Crippen LogP contribution in [0.4, 0.5) is 0 Å². The molecule has 19 heavy (non-hydrogen) atoms. The number of hydrogen-bond donors (Lipinski definition) is 3. The summed E-state index contributed by atoms with van der Waals surface area (Å²) in [4.78, 5) is 25.7. The van der Waals surface area contributed by atoms with Gasteiger partial charge in [-0.05, 0) is 30.1 Å². The number of allylic oxidation sites excluding steroid dienone is 2. The molecular formula is C13H18N2O4. The zero-order valence-electron chi connectivity index (χ0n) is 11.0. The van der Waals surface area contributed by atoms with E-state index in [0.717, 1.165) is 5.57 Å². The van der Waals surface area contributed by atoms with Crippen molar-refractivity contribution in [2.45, 2.75) is 26.3 Å². The SMILES string of the molecule is CC(C)C(N=CC=C1C=C(C(=O)O)NCC1)C(=O)O. The van der Waals surface area contributed by atoms with Crippen LogP contribution in [0.1, 0.15) is 20.3 Å². The number of nitrogens with zero attached hydrogens (tertiary/aromatic N) is 1. The van der Waals surface area contributed by atoms with Gasteiger partial charge in [0, 0.05) is 12.8 Å². The summed E-state index contributed by atoms with van der Waals surface area (Å²) in [6.07, 6.45) is 5.31. The Morgan fingerprint density at radius 2 is 2.11 bits per heavy atom. The molecule has 1 unspecified atom stereocenters. The molecule has 0 aromatic rings. The predicted molar refractivity (Wildman–Crippen MR) is 71.2 cm³/mol. The van der Waals surface area contributed by atoms with Crippen molar-refractivity contribution in [1.29, 1.82) is 0 Å². The van der Waals surface area contributed by atoms with Crippen molar-refractivity contribution in [1.82, 2.24) is 5.32 Å². The molecular weight excluding hydrogens is 248 g/mol. The molecule has 1 aliphatic heterocycles. The van der Waals surface area contributed by atoms with Crippen LogP contribution in [0.3, 0.4) is 0 Å². The van der Waals surface area contributed by atoms with Crippen LogP contribution in [0.5, 0.6) is 0 Å². The first-order chi connectivity index (χ1) is 8.91. The van der Waals surface area contributed by atoms with Crippen LogP contribution in [0, 0.1) is 5.92 Å². The number of carbonyl (C=O) groups is 2. The van der Waals surface area contributed by atoms with Crippen molar-refractivity contribution in [2.24, 2.45) is 10.9 Å². The Labute approximate surface area is 111 Å². The van der Waals surface area contributed by atoms with Gasteiger partial charge in [-0.25, -0.2) is 9.59 Å². The van der Waals surface area contributed by atoms with Crippen molar-refractivity contribution >= 4 is 18.2 Å². The first kappa shape index (κ1) is 14.9. The van der Waals surface area contributed by atoms with E-state index in [-0.39, 0.29) is 11.6 Å². The van der Waals surface area contributed by atoms with E-state index in [1.165, 1.54) is 12.3 Å². The lowest BCUT2D eigenvalue weighted by Gasteiger charge is -2.14. The summed E-state index contributed by atoms with van der Waals surface area (Å²) >= 11 is 0. The highest BCUT2D eigenvalue weighted by Crippen LogP contribution is 2.11. The molecule has 0 spiro atoms. The highest BCUT2D eigenvalue weighted by atomic mass is 16.4. The highest BCUT2D eigenvalue weighted by Gasteiger charge is 2.19. The van der Waals surface area contributed by atoms with Crippen molar-refractivity contribution in [3.8, 4) is 0 Å². The third-order valence-electron chi connectivity index (χ3n) is 2.71. The summed E-state index contributed by atoms with van der Waals surface area (Å²) in [6, 6.07) is -0.776. The van der Waals surface area contributed by atoms with Crippen LogP contribution in [-0.2, 0) is 9.59 Å². The van der Waals surface area contributed by atoms with Gasteiger partial charge in [0.15, 0.2) is 0 Å². The predicted octanol–water partition coefficient (Wildman–Crippen LogP) is 1.05. The summed E-state index contributed by atoms with van der Waals surface area (Å²) in [5, 5.41) is 20.6. The van der Waals surface area contributed by atoms with E-state index in [4.69, 9.17) is 10.2 Å². The molecule has 0 saturated carbocycles. The Balaban J connectivity index is 2.78. The van der Waals surface area contributed by atoms with E-state index in [1.54, 1.807) is 19.9 Å². The van der Waals surface area contributed by atoms with Gasteiger partial charge in [0.2, 0.25) is 0 Å². The molecule has 1 atom stereocenters. The number of aliphatic imine (C=N–C) groups is 1. The number of rotatable bonds is 5. The minimum absolute atomic E-state index is 0.0923. The molecule has 3 N–H and O–H groups in total. The zero-order chi connectivity index (χ0) is 14.4. The zero-order valence-corrected chi connectivity index (χ0v) is 11.0. The lowest BCUT2D eigenvalue weighted by Crippen LogP contribution is -2.25. The summed E-state index contributed by atoms with van der Waals surface area (Å²) < 4.78 is 0. The molecule has 6 nitrogen and oxygen atoms in total. The summed E-state index contributed by atoms with van der Waals surface area (Å²) in [7, 11) is 0. The maximum atomic E-state index is 10.9. The van der Waals surface area contributed by atoms with E-state index < -0.39 is 18.0 Å². The maximum Gasteiger partial charge on any atom is 0.351 e. The molecule has 0 radical (unpaired) electrons. The first-order valence-electron chi connectivity index (χ1n) is 6.06. The van der Waals surface area contributed by atoms with Gasteiger partial charge < -0.3 is 15.5 Å². The molecule has 0 aliphatic carbocycles. The van der Waals surface area contributed by atoms with Gasteiger partial charge in [-0.1, -0.05) is 13.8 Å². The third kappa shape index (κ3) is 4.57. The van der Waals surface area contributed by atoms with Gasteiger partial charge in [0.1, 0.15) is 11.7 Å². The van der Waals surface area contributed by atoms with Crippen LogP contribution in [0.25, 0.3) is 0 Å². The lowest BCUT2D eigenvalue weighted by molar-refractivity contribution is -0.139.